The first-order chi connectivity index (χ1) is 9.08. The van der Waals surface area contributed by atoms with E-state index in [2.05, 4.69) is 30.3 Å². The van der Waals surface area contributed by atoms with E-state index in [9.17, 15) is 4.79 Å². The van der Waals surface area contributed by atoms with Crippen LogP contribution < -0.4 is 5.32 Å². The van der Waals surface area contributed by atoms with Crippen molar-refractivity contribution in [2.24, 2.45) is 11.8 Å². The molecule has 1 fully saturated rings. The average molecular weight is 288 g/mol. The number of carbonyl (C=O) groups is 1. The summed E-state index contributed by atoms with van der Waals surface area (Å²) in [6, 6.07) is 0.275. The lowest BCUT2D eigenvalue weighted by molar-refractivity contribution is -0.125. The summed E-state index contributed by atoms with van der Waals surface area (Å²) >= 11 is 1.90. The number of hydrogen-bond acceptors (Lipinski definition) is 4. The quantitative estimate of drug-likeness (QED) is 0.687. The van der Waals surface area contributed by atoms with Gasteiger partial charge in [0.1, 0.15) is 6.61 Å². The van der Waals surface area contributed by atoms with E-state index >= 15 is 0 Å². The van der Waals surface area contributed by atoms with Crippen LogP contribution in [0.3, 0.4) is 0 Å². The molecule has 0 radical (unpaired) electrons. The van der Waals surface area contributed by atoms with Crippen LogP contribution in [0, 0.1) is 11.8 Å². The largest absolute Gasteiger partial charge is 0.375 e. The standard InChI is InChI=1S/C14H28N2O2S/c1-11(2)12-8-16(6-5-7-19-4)9-13(12)15-14(17)10-18-3/h11-13H,5-10H2,1-4H3,(H,15,17)/t12-,13+/m1/s1. The number of nitrogens with zero attached hydrogens (tertiary/aromatic N) is 1. The molecule has 1 rings (SSSR count). The molecule has 0 unspecified atom stereocenters. The number of likely N-dealkylation sites (tertiary alicyclic amines) is 1. The number of hydrogen-bond donors (Lipinski definition) is 1. The van der Waals surface area contributed by atoms with Crippen molar-refractivity contribution in [1.29, 1.82) is 0 Å². The van der Waals surface area contributed by atoms with Crippen molar-refractivity contribution in [2.75, 3.05) is 45.4 Å². The fourth-order valence-electron chi connectivity index (χ4n) is 2.74. The molecule has 112 valence electrons. The van der Waals surface area contributed by atoms with Gasteiger partial charge in [0.15, 0.2) is 0 Å². The summed E-state index contributed by atoms with van der Waals surface area (Å²) in [4.78, 5) is 14.2. The van der Waals surface area contributed by atoms with Gasteiger partial charge in [0.2, 0.25) is 5.91 Å². The summed E-state index contributed by atoms with van der Waals surface area (Å²) in [5.41, 5.74) is 0. The smallest absolute Gasteiger partial charge is 0.246 e. The first kappa shape index (κ1) is 16.8. The minimum Gasteiger partial charge on any atom is -0.375 e. The first-order valence-corrected chi connectivity index (χ1v) is 8.47. The Balaban J connectivity index is 2.45. The summed E-state index contributed by atoms with van der Waals surface area (Å²) < 4.78 is 4.89. The predicted molar refractivity (Wildman–Crippen MR) is 81.6 cm³/mol. The van der Waals surface area contributed by atoms with Crippen molar-refractivity contribution in [2.45, 2.75) is 26.3 Å². The Labute approximate surface area is 121 Å². The van der Waals surface area contributed by atoms with Gasteiger partial charge in [-0.25, -0.2) is 0 Å². The maximum absolute atomic E-state index is 11.7. The first-order valence-electron chi connectivity index (χ1n) is 7.08. The number of nitrogens with one attached hydrogen (secondary N) is 1. The molecule has 1 N–H and O–H groups in total. The van der Waals surface area contributed by atoms with E-state index in [0.29, 0.717) is 11.8 Å². The molecule has 1 amide bonds. The Kier molecular flexibility index (Phi) is 7.80. The third-order valence-electron chi connectivity index (χ3n) is 3.74. The monoisotopic (exact) mass is 288 g/mol. The van der Waals surface area contributed by atoms with Crippen LogP contribution in [0.5, 0.6) is 0 Å². The van der Waals surface area contributed by atoms with Gasteiger partial charge in [-0.05, 0) is 36.8 Å². The van der Waals surface area contributed by atoms with E-state index < -0.39 is 0 Å². The zero-order chi connectivity index (χ0) is 14.3. The predicted octanol–water partition coefficient (Wildman–Crippen LogP) is 1.46. The molecule has 0 aromatic carbocycles. The topological polar surface area (TPSA) is 41.6 Å². The molecular weight excluding hydrogens is 260 g/mol. The minimum absolute atomic E-state index is 0.00381. The van der Waals surface area contributed by atoms with Crippen LogP contribution in [0.4, 0.5) is 0 Å². The van der Waals surface area contributed by atoms with Gasteiger partial charge in [-0.3, -0.25) is 4.79 Å². The summed E-state index contributed by atoms with van der Waals surface area (Å²) in [5.74, 6) is 2.36. The molecule has 0 bridgehead atoms. The summed E-state index contributed by atoms with van der Waals surface area (Å²) in [6.07, 6.45) is 3.37. The van der Waals surface area contributed by atoms with Crippen molar-refractivity contribution >= 4 is 17.7 Å². The highest BCUT2D eigenvalue weighted by atomic mass is 32.2. The second-order valence-electron chi connectivity index (χ2n) is 5.62. The van der Waals surface area contributed by atoms with E-state index in [1.165, 1.54) is 12.2 Å². The Hall–Kier alpha value is -0.260. The van der Waals surface area contributed by atoms with Crippen molar-refractivity contribution < 1.29 is 9.53 Å². The van der Waals surface area contributed by atoms with Gasteiger partial charge < -0.3 is 15.0 Å². The molecule has 0 aromatic heterocycles. The lowest BCUT2D eigenvalue weighted by Crippen LogP contribution is -2.43. The molecule has 0 aromatic rings. The lowest BCUT2D eigenvalue weighted by Gasteiger charge is -2.22. The number of amides is 1. The zero-order valence-corrected chi connectivity index (χ0v) is 13.5. The minimum atomic E-state index is 0.00381. The van der Waals surface area contributed by atoms with E-state index in [-0.39, 0.29) is 18.6 Å². The van der Waals surface area contributed by atoms with Crippen LogP contribution in [0.15, 0.2) is 0 Å². The van der Waals surface area contributed by atoms with Gasteiger partial charge in [-0.2, -0.15) is 11.8 Å². The number of carbonyl (C=O) groups excluding carboxylic acids is 1. The molecule has 19 heavy (non-hydrogen) atoms. The van der Waals surface area contributed by atoms with Gasteiger partial charge >= 0.3 is 0 Å². The number of ether oxygens (including phenoxy) is 1. The SMILES string of the molecule is COCC(=O)N[C@H]1CN(CCCSC)C[C@@H]1C(C)C. The Morgan fingerprint density at radius 1 is 1.47 bits per heavy atom. The molecule has 2 atom stereocenters. The number of rotatable bonds is 8. The Morgan fingerprint density at radius 2 is 2.21 bits per heavy atom. The molecular formula is C14H28N2O2S. The van der Waals surface area contributed by atoms with Gasteiger partial charge in [0.25, 0.3) is 0 Å². The highest BCUT2D eigenvalue weighted by Gasteiger charge is 2.34. The maximum Gasteiger partial charge on any atom is 0.246 e. The molecule has 1 aliphatic heterocycles. The van der Waals surface area contributed by atoms with Crippen LogP contribution in [0.2, 0.25) is 0 Å². The molecule has 0 saturated carbocycles. The van der Waals surface area contributed by atoms with E-state index in [0.717, 1.165) is 19.6 Å². The molecule has 1 saturated heterocycles. The van der Waals surface area contributed by atoms with E-state index in [1.807, 2.05) is 11.8 Å². The molecule has 5 heteroatoms. The normalized spacial score (nSPS) is 24.1. The van der Waals surface area contributed by atoms with Gasteiger partial charge in [-0.1, -0.05) is 13.8 Å². The Bertz CT molecular complexity index is 274. The summed E-state index contributed by atoms with van der Waals surface area (Å²) in [6.45, 7) is 7.86. The zero-order valence-electron chi connectivity index (χ0n) is 12.6. The third kappa shape index (κ3) is 5.71. The maximum atomic E-state index is 11.7. The fraction of sp³-hybridized carbons (Fsp3) is 0.929. The van der Waals surface area contributed by atoms with E-state index in [4.69, 9.17) is 4.74 Å². The van der Waals surface area contributed by atoms with Crippen molar-refractivity contribution in [3.63, 3.8) is 0 Å². The van der Waals surface area contributed by atoms with E-state index in [1.54, 1.807) is 7.11 Å². The van der Waals surface area contributed by atoms with Crippen molar-refractivity contribution in [3.05, 3.63) is 0 Å². The lowest BCUT2D eigenvalue weighted by atomic mass is 9.91. The van der Waals surface area contributed by atoms with Crippen molar-refractivity contribution in [1.82, 2.24) is 10.2 Å². The fourth-order valence-corrected chi connectivity index (χ4v) is 3.15. The van der Waals surface area contributed by atoms with Crippen molar-refractivity contribution in [3.8, 4) is 0 Å². The van der Waals surface area contributed by atoms with Gasteiger partial charge in [-0.15, -0.1) is 0 Å². The average Bonchev–Trinajstić information content (AvgIpc) is 2.73. The molecule has 1 heterocycles. The van der Waals surface area contributed by atoms with Crippen LogP contribution in [-0.2, 0) is 9.53 Å². The third-order valence-corrected chi connectivity index (χ3v) is 4.44. The van der Waals surface area contributed by atoms with Crippen LogP contribution >= 0.6 is 11.8 Å². The molecule has 4 nitrogen and oxygen atoms in total. The van der Waals surface area contributed by atoms with Gasteiger partial charge in [0, 0.05) is 26.2 Å². The van der Waals surface area contributed by atoms with Crippen LogP contribution in [0.1, 0.15) is 20.3 Å². The second-order valence-corrected chi connectivity index (χ2v) is 6.61. The second kappa shape index (κ2) is 8.82. The molecule has 0 spiro atoms. The van der Waals surface area contributed by atoms with Crippen LogP contribution in [-0.4, -0.2) is 62.2 Å². The number of thioether (sulfide) groups is 1. The molecule has 1 aliphatic rings. The van der Waals surface area contributed by atoms with Crippen LogP contribution in [0.25, 0.3) is 0 Å². The highest BCUT2D eigenvalue weighted by molar-refractivity contribution is 7.98. The highest BCUT2D eigenvalue weighted by Crippen LogP contribution is 2.24. The number of methoxy groups -OCH3 is 1. The molecule has 0 aliphatic carbocycles. The summed E-state index contributed by atoms with van der Waals surface area (Å²) in [5, 5.41) is 3.12. The summed E-state index contributed by atoms with van der Waals surface area (Å²) in [7, 11) is 1.56. The van der Waals surface area contributed by atoms with Gasteiger partial charge in [0.05, 0.1) is 0 Å². The Morgan fingerprint density at radius 3 is 2.79 bits per heavy atom.